The van der Waals surface area contributed by atoms with E-state index < -0.39 is 5.97 Å². The highest BCUT2D eigenvalue weighted by Crippen LogP contribution is 2.18. The number of aromatic nitrogens is 1. The Hall–Kier alpha value is -3.35. The predicted octanol–water partition coefficient (Wildman–Crippen LogP) is 2.42. The van der Waals surface area contributed by atoms with Crippen LogP contribution >= 0.6 is 0 Å². The lowest BCUT2D eigenvalue weighted by Gasteiger charge is -2.08. The molecule has 27 heavy (non-hydrogen) atoms. The third kappa shape index (κ3) is 5.31. The minimum absolute atomic E-state index is 0.0548. The van der Waals surface area contributed by atoms with Crippen LogP contribution in [-0.2, 0) is 20.7 Å². The third-order valence-electron chi connectivity index (χ3n) is 3.81. The van der Waals surface area contributed by atoms with Crippen LogP contribution in [0.1, 0.15) is 11.3 Å². The topological polar surface area (TPSA) is 90.7 Å². The molecule has 3 aromatic rings. The van der Waals surface area contributed by atoms with E-state index in [2.05, 4.69) is 10.5 Å². The zero-order chi connectivity index (χ0) is 19.1. The van der Waals surface area contributed by atoms with Crippen LogP contribution in [0.4, 0.5) is 0 Å². The van der Waals surface area contributed by atoms with Crippen molar-refractivity contribution in [2.24, 2.45) is 0 Å². The maximum Gasteiger partial charge on any atom is 0.312 e. The summed E-state index contributed by atoms with van der Waals surface area (Å²) in [6, 6.07) is 14.9. The summed E-state index contributed by atoms with van der Waals surface area (Å²) in [7, 11) is 0. The van der Waals surface area contributed by atoms with E-state index in [-0.39, 0.29) is 18.9 Å². The molecular weight excluding hydrogens is 348 g/mol. The van der Waals surface area contributed by atoms with Gasteiger partial charge in [-0.1, -0.05) is 29.4 Å². The van der Waals surface area contributed by atoms with Crippen molar-refractivity contribution < 1.29 is 23.6 Å². The second kappa shape index (κ2) is 8.84. The Morgan fingerprint density at radius 1 is 1.15 bits per heavy atom. The summed E-state index contributed by atoms with van der Waals surface area (Å²) in [4.78, 5) is 23.6. The maximum atomic E-state index is 11.9. The molecule has 140 valence electrons. The largest absolute Gasteiger partial charge is 0.492 e. The van der Waals surface area contributed by atoms with E-state index in [1.54, 1.807) is 6.07 Å². The normalized spacial score (nSPS) is 10.6. The zero-order valence-corrected chi connectivity index (χ0v) is 14.9. The van der Waals surface area contributed by atoms with E-state index in [1.165, 1.54) is 0 Å². The van der Waals surface area contributed by atoms with Crippen LogP contribution in [0.3, 0.4) is 0 Å². The Bertz CT molecular complexity index is 935. The van der Waals surface area contributed by atoms with Gasteiger partial charge in [0.2, 0.25) is 0 Å². The summed E-state index contributed by atoms with van der Waals surface area (Å²) >= 11 is 0. The molecule has 7 heteroatoms. The van der Waals surface area contributed by atoms with Crippen LogP contribution in [0.15, 0.2) is 53.1 Å². The molecule has 7 nitrogen and oxygen atoms in total. The second-order valence-electron chi connectivity index (χ2n) is 5.98. The fourth-order valence-electron chi connectivity index (χ4n) is 2.51. The highest BCUT2D eigenvalue weighted by Gasteiger charge is 2.14. The van der Waals surface area contributed by atoms with Crippen molar-refractivity contribution in [1.29, 1.82) is 0 Å². The van der Waals surface area contributed by atoms with Crippen molar-refractivity contribution in [2.45, 2.75) is 13.3 Å². The van der Waals surface area contributed by atoms with Gasteiger partial charge in [-0.05, 0) is 36.8 Å². The van der Waals surface area contributed by atoms with Crippen molar-refractivity contribution in [3.8, 4) is 5.75 Å². The van der Waals surface area contributed by atoms with Crippen molar-refractivity contribution in [1.82, 2.24) is 10.5 Å². The summed E-state index contributed by atoms with van der Waals surface area (Å²) in [5.41, 5.74) is 2.19. The molecule has 0 aliphatic rings. The first-order chi connectivity index (χ1) is 13.1. The number of rotatable bonds is 8. The van der Waals surface area contributed by atoms with E-state index in [4.69, 9.17) is 14.0 Å². The SMILES string of the molecule is Cc1cccc(OCCNC(=O)COC(=O)Cc2noc3ccccc23)c1. The molecule has 1 amide bonds. The highest BCUT2D eigenvalue weighted by atomic mass is 16.5. The number of carbonyl (C=O) groups is 2. The Kier molecular flexibility index (Phi) is 6.04. The number of nitrogens with zero attached hydrogens (tertiary/aromatic N) is 1. The van der Waals surface area contributed by atoms with Gasteiger partial charge >= 0.3 is 5.97 Å². The van der Waals surface area contributed by atoms with E-state index in [0.717, 1.165) is 16.7 Å². The average Bonchev–Trinajstić information content (AvgIpc) is 3.07. The molecule has 0 unspecified atom stereocenters. The number of benzene rings is 2. The minimum atomic E-state index is -0.541. The average molecular weight is 368 g/mol. The molecule has 1 N–H and O–H groups in total. The number of hydrogen-bond acceptors (Lipinski definition) is 6. The van der Waals surface area contributed by atoms with Crippen LogP contribution in [0.5, 0.6) is 5.75 Å². The van der Waals surface area contributed by atoms with Crippen molar-refractivity contribution >= 4 is 22.8 Å². The molecule has 0 radical (unpaired) electrons. The van der Waals surface area contributed by atoms with E-state index in [9.17, 15) is 9.59 Å². The lowest BCUT2D eigenvalue weighted by molar-refractivity contribution is -0.147. The molecule has 0 aliphatic heterocycles. The molecule has 0 aliphatic carbocycles. The fourth-order valence-corrected chi connectivity index (χ4v) is 2.51. The first kappa shape index (κ1) is 18.4. The lowest BCUT2D eigenvalue weighted by Crippen LogP contribution is -2.32. The van der Waals surface area contributed by atoms with Gasteiger partial charge in [0.1, 0.15) is 18.1 Å². The monoisotopic (exact) mass is 368 g/mol. The highest BCUT2D eigenvalue weighted by molar-refractivity contribution is 5.85. The zero-order valence-electron chi connectivity index (χ0n) is 14.9. The van der Waals surface area contributed by atoms with Gasteiger partial charge in [-0.3, -0.25) is 9.59 Å². The lowest BCUT2D eigenvalue weighted by atomic mass is 10.2. The summed E-state index contributed by atoms with van der Waals surface area (Å²) in [5.74, 6) is -0.183. The Balaban J connectivity index is 1.35. The van der Waals surface area contributed by atoms with Gasteiger partial charge in [-0.25, -0.2) is 0 Å². The number of nitrogens with one attached hydrogen (secondary N) is 1. The molecule has 0 fully saturated rings. The molecule has 0 bridgehead atoms. The first-order valence-corrected chi connectivity index (χ1v) is 8.57. The van der Waals surface area contributed by atoms with Gasteiger partial charge in [-0.15, -0.1) is 0 Å². The summed E-state index contributed by atoms with van der Waals surface area (Å²) in [5, 5.41) is 7.26. The fraction of sp³-hybridized carbons (Fsp3) is 0.250. The number of para-hydroxylation sites is 1. The van der Waals surface area contributed by atoms with Crippen LogP contribution in [0, 0.1) is 6.92 Å². The van der Waals surface area contributed by atoms with Crippen molar-refractivity contribution in [3.63, 3.8) is 0 Å². The predicted molar refractivity (Wildman–Crippen MR) is 98.4 cm³/mol. The van der Waals surface area contributed by atoms with Gasteiger partial charge in [-0.2, -0.15) is 0 Å². The van der Waals surface area contributed by atoms with Crippen molar-refractivity contribution in [2.75, 3.05) is 19.8 Å². The van der Waals surface area contributed by atoms with Gasteiger partial charge in [0.15, 0.2) is 12.2 Å². The molecule has 0 atom stereocenters. The molecule has 0 spiro atoms. The molecule has 0 saturated carbocycles. The second-order valence-corrected chi connectivity index (χ2v) is 5.98. The van der Waals surface area contributed by atoms with E-state index in [1.807, 2.05) is 49.4 Å². The van der Waals surface area contributed by atoms with Crippen LogP contribution in [0.2, 0.25) is 0 Å². The molecule has 0 saturated heterocycles. The molecule has 1 aromatic heterocycles. The molecular formula is C20H20N2O5. The van der Waals surface area contributed by atoms with Gasteiger partial charge in [0.25, 0.3) is 5.91 Å². The van der Waals surface area contributed by atoms with Crippen molar-refractivity contribution in [3.05, 3.63) is 59.8 Å². The van der Waals surface area contributed by atoms with Gasteiger partial charge in [0, 0.05) is 5.39 Å². The molecule has 2 aromatic carbocycles. The van der Waals surface area contributed by atoms with Crippen LogP contribution in [0.25, 0.3) is 11.0 Å². The maximum absolute atomic E-state index is 11.9. The number of fused-ring (bicyclic) bond motifs is 1. The number of aryl methyl sites for hydroxylation is 1. The van der Waals surface area contributed by atoms with E-state index in [0.29, 0.717) is 24.4 Å². The Morgan fingerprint density at radius 3 is 2.85 bits per heavy atom. The standard InChI is InChI=1S/C20H20N2O5/c1-14-5-4-6-15(11-14)25-10-9-21-19(23)13-26-20(24)12-17-16-7-2-3-8-18(16)27-22-17/h2-8,11H,9-10,12-13H2,1H3,(H,21,23). The van der Waals surface area contributed by atoms with Crippen LogP contribution in [-0.4, -0.2) is 36.8 Å². The number of esters is 1. The Morgan fingerprint density at radius 2 is 2.00 bits per heavy atom. The number of amides is 1. The summed E-state index contributed by atoms with van der Waals surface area (Å²) < 4.78 is 15.7. The van der Waals surface area contributed by atoms with E-state index >= 15 is 0 Å². The van der Waals surface area contributed by atoms with Gasteiger partial charge in [0.05, 0.1) is 13.0 Å². The van der Waals surface area contributed by atoms with Crippen LogP contribution < -0.4 is 10.1 Å². The number of hydrogen-bond donors (Lipinski definition) is 1. The quantitative estimate of drug-likeness (QED) is 0.485. The summed E-state index contributed by atoms with van der Waals surface area (Å²) in [6.07, 6.45) is -0.0548. The smallest absolute Gasteiger partial charge is 0.312 e. The third-order valence-corrected chi connectivity index (χ3v) is 3.81. The molecule has 3 rings (SSSR count). The Labute approximate surface area is 156 Å². The summed E-state index contributed by atoms with van der Waals surface area (Å²) in [6.45, 7) is 2.27. The minimum Gasteiger partial charge on any atom is -0.492 e. The molecule has 1 heterocycles. The first-order valence-electron chi connectivity index (χ1n) is 8.57. The number of carbonyl (C=O) groups excluding carboxylic acids is 2. The number of ether oxygens (including phenoxy) is 2. The van der Waals surface area contributed by atoms with Gasteiger partial charge < -0.3 is 19.3 Å².